The molecular formula is C35H25N5. The Morgan fingerprint density at radius 1 is 0.475 bits per heavy atom. The van der Waals surface area contributed by atoms with Crippen LogP contribution in [-0.4, -0.2) is 24.9 Å². The average Bonchev–Trinajstić information content (AvgIpc) is 3.01. The van der Waals surface area contributed by atoms with Gasteiger partial charge in [0.25, 0.3) is 0 Å². The smallest absolute Gasteiger partial charge is 0.160 e. The molecule has 0 radical (unpaired) electrons. The molecule has 190 valence electrons. The van der Waals surface area contributed by atoms with Crippen molar-refractivity contribution in [3.8, 4) is 45.3 Å². The molecule has 40 heavy (non-hydrogen) atoms. The molecule has 0 unspecified atom stereocenters. The number of fused-ring (bicyclic) bond motifs is 3. The van der Waals surface area contributed by atoms with Gasteiger partial charge in [0.2, 0.25) is 0 Å². The summed E-state index contributed by atoms with van der Waals surface area (Å²) in [7, 11) is 0. The average molecular weight is 516 g/mol. The van der Waals surface area contributed by atoms with Gasteiger partial charge in [0.1, 0.15) is 0 Å². The van der Waals surface area contributed by atoms with Gasteiger partial charge >= 0.3 is 0 Å². The molecular weight excluding hydrogens is 490 g/mol. The van der Waals surface area contributed by atoms with Crippen LogP contribution in [0.5, 0.6) is 0 Å². The van der Waals surface area contributed by atoms with E-state index in [0.29, 0.717) is 5.82 Å². The molecule has 0 aliphatic heterocycles. The van der Waals surface area contributed by atoms with E-state index in [1.165, 1.54) is 5.56 Å². The second-order valence-electron chi connectivity index (χ2n) is 9.93. The number of pyridine rings is 3. The maximum Gasteiger partial charge on any atom is 0.160 e. The Balaban J connectivity index is 1.32. The Bertz CT molecular complexity index is 1940. The molecule has 0 N–H and O–H groups in total. The molecule has 3 aromatic carbocycles. The summed E-state index contributed by atoms with van der Waals surface area (Å²) in [5.74, 6) is 0.655. The van der Waals surface area contributed by atoms with Gasteiger partial charge in [-0.05, 0) is 49.7 Å². The predicted molar refractivity (Wildman–Crippen MR) is 162 cm³/mol. The molecule has 0 saturated carbocycles. The summed E-state index contributed by atoms with van der Waals surface area (Å²) in [4.78, 5) is 24.3. The van der Waals surface area contributed by atoms with E-state index in [2.05, 4.69) is 72.6 Å². The number of hydrogen-bond donors (Lipinski definition) is 0. The Labute approximate surface area is 232 Å². The lowest BCUT2D eigenvalue weighted by molar-refractivity contribution is 1.16. The van der Waals surface area contributed by atoms with Crippen molar-refractivity contribution in [2.45, 2.75) is 13.8 Å². The molecule has 7 rings (SSSR count). The van der Waals surface area contributed by atoms with Crippen LogP contribution in [0.15, 0.2) is 115 Å². The van der Waals surface area contributed by atoms with E-state index in [0.717, 1.165) is 67.0 Å². The highest BCUT2D eigenvalue weighted by atomic mass is 14.9. The van der Waals surface area contributed by atoms with Crippen molar-refractivity contribution in [2.24, 2.45) is 0 Å². The maximum absolute atomic E-state index is 5.08. The highest BCUT2D eigenvalue weighted by Gasteiger charge is 2.13. The summed E-state index contributed by atoms with van der Waals surface area (Å²) in [6, 6.07) is 36.9. The molecule has 0 atom stereocenters. The predicted octanol–water partition coefficient (Wildman–Crippen LogP) is 8.25. The number of nitrogens with zero attached hydrogens (tertiary/aromatic N) is 5. The van der Waals surface area contributed by atoms with E-state index in [9.17, 15) is 0 Å². The highest BCUT2D eigenvalue weighted by molar-refractivity contribution is 6.04. The summed E-state index contributed by atoms with van der Waals surface area (Å²) in [5.41, 5.74) is 10.4. The lowest BCUT2D eigenvalue weighted by Crippen LogP contribution is -1.97. The van der Waals surface area contributed by atoms with Gasteiger partial charge in [0, 0.05) is 39.4 Å². The fourth-order valence-corrected chi connectivity index (χ4v) is 5.05. The third-order valence-corrected chi connectivity index (χ3v) is 7.15. The van der Waals surface area contributed by atoms with Crippen molar-refractivity contribution in [2.75, 3.05) is 0 Å². The van der Waals surface area contributed by atoms with Crippen molar-refractivity contribution in [1.29, 1.82) is 0 Å². The largest absolute Gasteiger partial charge is 0.255 e. The van der Waals surface area contributed by atoms with Crippen molar-refractivity contribution >= 4 is 21.8 Å². The third kappa shape index (κ3) is 4.37. The van der Waals surface area contributed by atoms with Gasteiger partial charge in [-0.15, -0.1) is 0 Å². The maximum atomic E-state index is 5.08. The number of benzene rings is 3. The van der Waals surface area contributed by atoms with Crippen LogP contribution in [0.4, 0.5) is 0 Å². The third-order valence-electron chi connectivity index (χ3n) is 7.15. The van der Waals surface area contributed by atoms with E-state index in [1.54, 1.807) is 6.20 Å². The van der Waals surface area contributed by atoms with Crippen molar-refractivity contribution < 1.29 is 0 Å². The summed E-state index contributed by atoms with van der Waals surface area (Å²) < 4.78 is 0. The molecule has 0 aliphatic carbocycles. The van der Waals surface area contributed by atoms with Crippen LogP contribution in [0.3, 0.4) is 0 Å². The molecule has 4 heterocycles. The number of aromatic nitrogens is 5. The molecule has 5 nitrogen and oxygen atoms in total. The van der Waals surface area contributed by atoms with Gasteiger partial charge in [-0.25, -0.2) is 15.0 Å². The second-order valence-corrected chi connectivity index (χ2v) is 9.93. The van der Waals surface area contributed by atoms with Crippen molar-refractivity contribution in [1.82, 2.24) is 24.9 Å². The fraction of sp³-hybridized carbons (Fsp3) is 0.0571. The van der Waals surface area contributed by atoms with E-state index in [1.807, 2.05) is 55.5 Å². The van der Waals surface area contributed by atoms with Crippen LogP contribution in [0.2, 0.25) is 0 Å². The zero-order valence-electron chi connectivity index (χ0n) is 22.2. The van der Waals surface area contributed by atoms with Gasteiger partial charge in [0.15, 0.2) is 5.82 Å². The van der Waals surface area contributed by atoms with Crippen molar-refractivity contribution in [3.63, 3.8) is 0 Å². The topological polar surface area (TPSA) is 64.5 Å². The minimum absolute atomic E-state index is 0.655. The molecule has 0 saturated heterocycles. The first-order valence-corrected chi connectivity index (χ1v) is 13.3. The Kier molecular flexibility index (Phi) is 5.82. The molecule has 5 heteroatoms. The quantitative estimate of drug-likeness (QED) is 0.221. The molecule has 0 bridgehead atoms. The first-order chi connectivity index (χ1) is 19.6. The fourth-order valence-electron chi connectivity index (χ4n) is 5.05. The summed E-state index contributed by atoms with van der Waals surface area (Å²) in [5, 5.41) is 2.22. The van der Waals surface area contributed by atoms with Crippen LogP contribution < -0.4 is 0 Å². The van der Waals surface area contributed by atoms with Gasteiger partial charge in [-0.1, -0.05) is 78.9 Å². The van der Waals surface area contributed by atoms with Crippen LogP contribution in [0.25, 0.3) is 67.1 Å². The molecule has 0 fully saturated rings. The summed E-state index contributed by atoms with van der Waals surface area (Å²) in [6.07, 6.45) is 1.78. The number of aryl methyl sites for hydroxylation is 2. The normalized spacial score (nSPS) is 11.2. The van der Waals surface area contributed by atoms with Gasteiger partial charge in [0.05, 0.1) is 33.8 Å². The van der Waals surface area contributed by atoms with E-state index in [4.69, 9.17) is 19.9 Å². The van der Waals surface area contributed by atoms with E-state index < -0.39 is 0 Å². The van der Waals surface area contributed by atoms with Gasteiger partial charge in [-0.2, -0.15) is 0 Å². The second kappa shape index (κ2) is 9.79. The van der Waals surface area contributed by atoms with Crippen molar-refractivity contribution in [3.05, 3.63) is 127 Å². The Morgan fingerprint density at radius 2 is 1.18 bits per heavy atom. The lowest BCUT2D eigenvalue weighted by atomic mass is 10.0. The number of hydrogen-bond acceptors (Lipinski definition) is 5. The van der Waals surface area contributed by atoms with E-state index >= 15 is 0 Å². The van der Waals surface area contributed by atoms with Gasteiger partial charge < -0.3 is 0 Å². The minimum Gasteiger partial charge on any atom is -0.255 e. The summed E-state index contributed by atoms with van der Waals surface area (Å²) >= 11 is 0. The zero-order valence-corrected chi connectivity index (χ0v) is 22.2. The zero-order chi connectivity index (χ0) is 27.1. The first-order valence-electron chi connectivity index (χ1n) is 13.3. The van der Waals surface area contributed by atoms with Crippen LogP contribution in [0.1, 0.15) is 11.3 Å². The summed E-state index contributed by atoms with van der Waals surface area (Å²) in [6.45, 7) is 4.15. The molecule has 0 amide bonds. The SMILES string of the molecule is Cc1ccc2ccc3c(C)cc(-c4ccc(-c5nc(-c6ccccc6)cc(-c6ccccn6)n5)cc4)nc3c2n1. The van der Waals surface area contributed by atoms with Gasteiger partial charge in [-0.3, -0.25) is 9.97 Å². The Morgan fingerprint density at radius 3 is 1.98 bits per heavy atom. The van der Waals surface area contributed by atoms with Crippen LogP contribution in [0, 0.1) is 13.8 Å². The molecule has 7 aromatic rings. The first kappa shape index (κ1) is 23.8. The number of rotatable bonds is 4. The van der Waals surface area contributed by atoms with E-state index in [-0.39, 0.29) is 0 Å². The standard InChI is InChI=1S/C35H25N5/c1-22-20-30(38-34-28(22)18-17-26-12-11-23(2)37-33(26)34)25-13-15-27(16-14-25)35-39-31(24-8-4-3-5-9-24)21-32(40-35)29-10-6-7-19-36-29/h3-21H,1-2H3. The molecule has 0 spiro atoms. The van der Waals surface area contributed by atoms with Crippen LogP contribution >= 0.6 is 0 Å². The Hall–Kier alpha value is -5.29. The van der Waals surface area contributed by atoms with Crippen LogP contribution in [-0.2, 0) is 0 Å². The monoisotopic (exact) mass is 515 g/mol. The lowest BCUT2D eigenvalue weighted by Gasteiger charge is -2.11. The minimum atomic E-state index is 0.655. The highest BCUT2D eigenvalue weighted by Crippen LogP contribution is 2.31. The molecule has 4 aromatic heterocycles. The molecule has 0 aliphatic rings.